The van der Waals surface area contributed by atoms with Gasteiger partial charge in [0.1, 0.15) is 12.7 Å². The van der Waals surface area contributed by atoms with Crippen molar-refractivity contribution in [1.82, 2.24) is 20.1 Å². The maximum atomic E-state index is 4.14. The van der Waals surface area contributed by atoms with Crippen molar-refractivity contribution in [3.05, 3.63) is 24.3 Å². The van der Waals surface area contributed by atoms with Crippen molar-refractivity contribution in [2.45, 2.75) is 46.2 Å². The molecular formula is C14H24N4. The number of aromatic nitrogens is 3. The van der Waals surface area contributed by atoms with Crippen molar-refractivity contribution < 1.29 is 0 Å². The molecule has 18 heavy (non-hydrogen) atoms. The third-order valence-corrected chi connectivity index (χ3v) is 3.97. The number of hydrogen-bond donors (Lipinski definition) is 1. The van der Waals surface area contributed by atoms with Crippen LogP contribution in [0.25, 0.3) is 0 Å². The summed E-state index contributed by atoms with van der Waals surface area (Å²) in [5.41, 5.74) is 1.55. The van der Waals surface area contributed by atoms with Gasteiger partial charge in [0, 0.05) is 12.6 Å². The highest BCUT2D eigenvalue weighted by molar-refractivity contribution is 5.09. The van der Waals surface area contributed by atoms with Crippen molar-refractivity contribution in [2.24, 2.45) is 11.8 Å². The summed E-state index contributed by atoms with van der Waals surface area (Å²) in [6.45, 7) is 8.78. The van der Waals surface area contributed by atoms with E-state index in [-0.39, 0.29) is 0 Å². The maximum Gasteiger partial charge on any atom is 0.137 e. The van der Waals surface area contributed by atoms with Crippen molar-refractivity contribution in [3.63, 3.8) is 0 Å². The quantitative estimate of drug-likeness (QED) is 0.813. The summed E-state index contributed by atoms with van der Waals surface area (Å²) in [7, 11) is 0. The molecule has 100 valence electrons. The first-order valence-corrected chi connectivity index (χ1v) is 6.89. The minimum absolute atomic E-state index is 0.425. The molecule has 1 heterocycles. The Labute approximate surface area is 109 Å². The van der Waals surface area contributed by atoms with Gasteiger partial charge in [-0.25, -0.2) is 4.98 Å². The Bertz CT molecular complexity index is 383. The van der Waals surface area contributed by atoms with E-state index in [0.29, 0.717) is 12.0 Å². The molecule has 0 spiro atoms. The molecule has 2 rings (SSSR count). The van der Waals surface area contributed by atoms with Crippen LogP contribution in [0.5, 0.6) is 0 Å². The molecule has 1 aliphatic rings. The summed E-state index contributed by atoms with van der Waals surface area (Å²) in [6, 6.07) is 0.425. The topological polar surface area (TPSA) is 42.7 Å². The number of hydrogen-bond acceptors (Lipinski definition) is 3. The fraction of sp³-hybridized carbons (Fsp3) is 0.714. The molecule has 1 N–H and O–H groups in total. The van der Waals surface area contributed by atoms with Gasteiger partial charge in [0.05, 0.1) is 6.54 Å². The third-order valence-electron chi connectivity index (χ3n) is 3.97. The van der Waals surface area contributed by atoms with E-state index in [4.69, 9.17) is 0 Å². The Hall–Kier alpha value is -1.16. The average Bonchev–Trinajstić information content (AvgIpc) is 2.81. The number of allylic oxidation sites excluding steroid dienone is 1. The largest absolute Gasteiger partial charge is 0.312 e. The highest BCUT2D eigenvalue weighted by Crippen LogP contribution is 2.29. The van der Waals surface area contributed by atoms with Crippen LogP contribution in [0.3, 0.4) is 0 Å². The van der Waals surface area contributed by atoms with Gasteiger partial charge in [-0.1, -0.05) is 18.6 Å². The average molecular weight is 248 g/mol. The molecule has 1 aromatic rings. The second kappa shape index (κ2) is 6.14. The summed E-state index contributed by atoms with van der Waals surface area (Å²) < 4.78 is 1.88. The van der Waals surface area contributed by atoms with Crippen LogP contribution in [0.2, 0.25) is 0 Å². The monoisotopic (exact) mass is 248 g/mol. The molecule has 4 nitrogen and oxygen atoms in total. The molecule has 1 aromatic heterocycles. The van der Waals surface area contributed by atoms with Gasteiger partial charge in [0.2, 0.25) is 0 Å². The van der Waals surface area contributed by atoms with Crippen molar-refractivity contribution >= 4 is 0 Å². The van der Waals surface area contributed by atoms with Crippen molar-refractivity contribution in [3.8, 4) is 0 Å². The Morgan fingerprint density at radius 2 is 2.39 bits per heavy atom. The second-order valence-corrected chi connectivity index (χ2v) is 5.54. The van der Waals surface area contributed by atoms with E-state index in [2.05, 4.69) is 42.2 Å². The van der Waals surface area contributed by atoms with E-state index in [0.717, 1.165) is 19.0 Å². The molecule has 4 heteroatoms. The molecule has 3 atom stereocenters. The van der Waals surface area contributed by atoms with Crippen LogP contribution < -0.4 is 5.32 Å². The first kappa shape index (κ1) is 13.3. The second-order valence-electron chi connectivity index (χ2n) is 5.54. The Morgan fingerprint density at radius 1 is 1.56 bits per heavy atom. The first-order chi connectivity index (χ1) is 8.66. The Kier molecular flexibility index (Phi) is 4.53. The van der Waals surface area contributed by atoms with Crippen LogP contribution in [0.15, 0.2) is 24.3 Å². The molecule has 0 saturated carbocycles. The zero-order valence-electron chi connectivity index (χ0n) is 11.6. The molecule has 3 unspecified atom stereocenters. The van der Waals surface area contributed by atoms with Crippen LogP contribution in [0.4, 0.5) is 0 Å². The molecule has 0 amide bonds. The van der Waals surface area contributed by atoms with E-state index < -0.39 is 0 Å². The van der Waals surface area contributed by atoms with E-state index in [1.165, 1.54) is 12.8 Å². The van der Waals surface area contributed by atoms with E-state index in [1.54, 1.807) is 18.2 Å². The molecule has 0 bridgehead atoms. The fourth-order valence-corrected chi connectivity index (χ4v) is 2.74. The van der Waals surface area contributed by atoms with Crippen molar-refractivity contribution in [2.75, 3.05) is 6.54 Å². The summed E-state index contributed by atoms with van der Waals surface area (Å²) >= 11 is 0. The minimum Gasteiger partial charge on any atom is -0.312 e. The van der Waals surface area contributed by atoms with E-state index >= 15 is 0 Å². The van der Waals surface area contributed by atoms with Crippen LogP contribution in [0, 0.1) is 11.8 Å². The van der Waals surface area contributed by atoms with Gasteiger partial charge in [-0.15, -0.1) is 0 Å². The summed E-state index contributed by atoms with van der Waals surface area (Å²) in [6.07, 6.45) is 8.32. The van der Waals surface area contributed by atoms with Crippen LogP contribution in [-0.4, -0.2) is 27.4 Å². The van der Waals surface area contributed by atoms with E-state index in [9.17, 15) is 0 Å². The molecular weight excluding hydrogens is 224 g/mol. The molecule has 0 fully saturated rings. The minimum atomic E-state index is 0.425. The highest BCUT2D eigenvalue weighted by Gasteiger charge is 2.22. The lowest BCUT2D eigenvalue weighted by Gasteiger charge is -2.30. The van der Waals surface area contributed by atoms with Crippen molar-refractivity contribution in [1.29, 1.82) is 0 Å². The van der Waals surface area contributed by atoms with Gasteiger partial charge in [0.25, 0.3) is 0 Å². The number of nitrogens with zero attached hydrogens (tertiary/aromatic N) is 3. The molecule has 1 aliphatic carbocycles. The standard InChI is InChI=1S/C14H24N4/c1-11-5-4-6-12(2)14(11)7-16-13(3)8-18-10-15-9-17-18/h5,9-10,12-14,16H,4,6-8H2,1-3H3. The smallest absolute Gasteiger partial charge is 0.137 e. The lowest BCUT2D eigenvalue weighted by atomic mass is 9.80. The van der Waals surface area contributed by atoms with Gasteiger partial charge in [-0.3, -0.25) is 4.68 Å². The lowest BCUT2D eigenvalue weighted by molar-refractivity contribution is 0.327. The summed E-state index contributed by atoms with van der Waals surface area (Å²) in [4.78, 5) is 3.96. The lowest BCUT2D eigenvalue weighted by Crippen LogP contribution is -2.37. The zero-order valence-corrected chi connectivity index (χ0v) is 11.6. The highest BCUT2D eigenvalue weighted by atomic mass is 15.3. The van der Waals surface area contributed by atoms with Gasteiger partial charge < -0.3 is 5.32 Å². The Balaban J connectivity index is 1.80. The normalized spacial score (nSPS) is 25.8. The Morgan fingerprint density at radius 3 is 3.06 bits per heavy atom. The summed E-state index contributed by atoms with van der Waals surface area (Å²) in [5, 5.41) is 7.76. The van der Waals surface area contributed by atoms with Gasteiger partial charge >= 0.3 is 0 Å². The zero-order chi connectivity index (χ0) is 13.0. The molecule has 0 saturated heterocycles. The fourth-order valence-electron chi connectivity index (χ4n) is 2.74. The van der Waals surface area contributed by atoms with Gasteiger partial charge in [0.15, 0.2) is 0 Å². The SMILES string of the molecule is CC1=CCCC(C)C1CNC(C)Cn1cncn1. The molecule has 0 aromatic carbocycles. The molecule has 0 aliphatic heterocycles. The van der Waals surface area contributed by atoms with Crippen LogP contribution in [0.1, 0.15) is 33.6 Å². The number of rotatable bonds is 5. The molecule has 0 radical (unpaired) electrons. The predicted octanol–water partition coefficient (Wildman–Crippen LogP) is 2.25. The van der Waals surface area contributed by atoms with Gasteiger partial charge in [-0.2, -0.15) is 5.10 Å². The van der Waals surface area contributed by atoms with E-state index in [1.807, 2.05) is 4.68 Å². The third kappa shape index (κ3) is 3.42. The predicted molar refractivity (Wildman–Crippen MR) is 73.1 cm³/mol. The van der Waals surface area contributed by atoms with Gasteiger partial charge in [-0.05, 0) is 38.5 Å². The number of nitrogens with one attached hydrogen (secondary N) is 1. The summed E-state index contributed by atoms with van der Waals surface area (Å²) in [5.74, 6) is 1.48. The van der Waals surface area contributed by atoms with Crippen LogP contribution in [-0.2, 0) is 6.54 Å². The maximum absolute atomic E-state index is 4.14. The first-order valence-electron chi connectivity index (χ1n) is 6.89. The van der Waals surface area contributed by atoms with Crippen LogP contribution >= 0.6 is 0 Å².